The Morgan fingerprint density at radius 2 is 2.00 bits per heavy atom. The smallest absolute Gasteiger partial charge is 0.140 e. The topological polar surface area (TPSA) is 60.2 Å². The number of nitrogens with one attached hydrogen (secondary N) is 1. The van der Waals surface area contributed by atoms with Crippen LogP contribution in [0.2, 0.25) is 0 Å². The van der Waals surface area contributed by atoms with E-state index in [2.05, 4.69) is 26.2 Å². The second-order valence-corrected chi connectivity index (χ2v) is 5.00. The van der Waals surface area contributed by atoms with Gasteiger partial charge in [-0.05, 0) is 46.1 Å². The number of aromatic nitrogens is 1. The van der Waals surface area contributed by atoms with E-state index in [4.69, 9.17) is 10.5 Å². The minimum atomic E-state index is 0.682. The number of rotatable bonds is 4. The fourth-order valence-electron chi connectivity index (χ4n) is 1.64. The van der Waals surface area contributed by atoms with E-state index >= 15 is 0 Å². The number of hydrogen-bond donors (Lipinski definition) is 2. The van der Waals surface area contributed by atoms with Crippen LogP contribution in [0, 0.1) is 6.92 Å². The van der Waals surface area contributed by atoms with Crippen molar-refractivity contribution in [1.82, 2.24) is 4.98 Å². The van der Waals surface area contributed by atoms with Crippen molar-refractivity contribution in [3.63, 3.8) is 0 Å². The highest BCUT2D eigenvalue weighted by Crippen LogP contribution is 2.28. The fraction of sp³-hybridized carbons (Fsp3) is 0.214. The van der Waals surface area contributed by atoms with Gasteiger partial charge in [0.2, 0.25) is 0 Å². The summed E-state index contributed by atoms with van der Waals surface area (Å²) >= 11 is 3.50. The third-order valence-electron chi connectivity index (χ3n) is 2.92. The lowest BCUT2D eigenvalue weighted by atomic mass is 10.2. The molecule has 0 bridgehead atoms. The summed E-state index contributed by atoms with van der Waals surface area (Å²) in [5.74, 6) is 1.65. The van der Waals surface area contributed by atoms with Crippen LogP contribution in [0.4, 0.5) is 11.5 Å². The van der Waals surface area contributed by atoms with Gasteiger partial charge >= 0.3 is 0 Å². The predicted molar refractivity (Wildman–Crippen MR) is 81.4 cm³/mol. The van der Waals surface area contributed by atoms with Crippen molar-refractivity contribution >= 4 is 27.4 Å². The summed E-state index contributed by atoms with van der Waals surface area (Å²) in [6.45, 7) is 2.65. The molecule has 0 radical (unpaired) electrons. The number of benzene rings is 1. The molecule has 1 aromatic carbocycles. The molecule has 4 nitrogen and oxygen atoms in total. The molecule has 5 heteroatoms. The quantitative estimate of drug-likeness (QED) is 0.906. The normalized spacial score (nSPS) is 10.3. The molecule has 0 spiro atoms. The maximum absolute atomic E-state index is 5.79. The number of methoxy groups -OCH3 is 1. The predicted octanol–water partition coefficient (Wildman–Crippen LogP) is 3.36. The van der Waals surface area contributed by atoms with E-state index in [1.165, 1.54) is 0 Å². The number of nitrogens with two attached hydrogens (primary N) is 1. The number of pyridine rings is 1. The molecule has 1 aromatic heterocycles. The molecule has 3 N–H and O–H groups in total. The average molecular weight is 322 g/mol. The van der Waals surface area contributed by atoms with Crippen molar-refractivity contribution in [3.05, 3.63) is 46.1 Å². The van der Waals surface area contributed by atoms with E-state index in [0.29, 0.717) is 12.2 Å². The third-order valence-corrected chi connectivity index (χ3v) is 3.89. The van der Waals surface area contributed by atoms with Crippen LogP contribution >= 0.6 is 15.9 Å². The van der Waals surface area contributed by atoms with Crippen molar-refractivity contribution in [2.45, 2.75) is 13.5 Å². The van der Waals surface area contributed by atoms with Gasteiger partial charge in [-0.15, -0.1) is 0 Å². The maximum atomic E-state index is 5.79. The molecule has 0 saturated heterocycles. The first-order chi connectivity index (χ1) is 9.11. The Labute approximate surface area is 121 Å². The highest BCUT2D eigenvalue weighted by atomic mass is 79.9. The zero-order valence-electron chi connectivity index (χ0n) is 10.9. The summed E-state index contributed by atoms with van der Waals surface area (Å²) in [4.78, 5) is 4.28. The largest absolute Gasteiger partial charge is 0.497 e. The summed E-state index contributed by atoms with van der Waals surface area (Å²) < 4.78 is 6.03. The van der Waals surface area contributed by atoms with Gasteiger partial charge in [0.25, 0.3) is 0 Å². The molecule has 0 aliphatic heterocycles. The van der Waals surface area contributed by atoms with E-state index in [-0.39, 0.29) is 0 Å². The summed E-state index contributed by atoms with van der Waals surface area (Å²) in [5, 5.41) is 3.28. The van der Waals surface area contributed by atoms with E-state index in [1.54, 1.807) is 13.3 Å². The number of ether oxygens (including phenoxy) is 1. The Kier molecular flexibility index (Phi) is 4.27. The summed E-state index contributed by atoms with van der Waals surface area (Å²) in [6.07, 6.45) is 1.66. The van der Waals surface area contributed by atoms with Crippen molar-refractivity contribution in [2.75, 3.05) is 18.2 Å². The fourth-order valence-corrected chi connectivity index (χ4v) is 2.12. The number of nitrogen functional groups attached to an aromatic ring is 1. The van der Waals surface area contributed by atoms with Crippen LogP contribution in [0.5, 0.6) is 5.75 Å². The van der Waals surface area contributed by atoms with Crippen LogP contribution in [0.3, 0.4) is 0 Å². The zero-order chi connectivity index (χ0) is 13.8. The molecule has 2 aromatic rings. The van der Waals surface area contributed by atoms with Gasteiger partial charge in [-0.1, -0.05) is 12.1 Å². The summed E-state index contributed by atoms with van der Waals surface area (Å²) in [6, 6.07) is 7.91. The van der Waals surface area contributed by atoms with Crippen molar-refractivity contribution in [1.29, 1.82) is 0 Å². The first-order valence-electron chi connectivity index (χ1n) is 5.89. The zero-order valence-corrected chi connectivity index (χ0v) is 12.5. The van der Waals surface area contributed by atoms with Crippen LogP contribution in [-0.2, 0) is 6.54 Å². The number of halogens is 1. The minimum Gasteiger partial charge on any atom is -0.497 e. The van der Waals surface area contributed by atoms with E-state index < -0.39 is 0 Å². The van der Waals surface area contributed by atoms with Crippen LogP contribution < -0.4 is 15.8 Å². The van der Waals surface area contributed by atoms with Crippen LogP contribution in [0.25, 0.3) is 0 Å². The Morgan fingerprint density at radius 3 is 2.63 bits per heavy atom. The minimum absolute atomic E-state index is 0.682. The highest BCUT2D eigenvalue weighted by Gasteiger charge is 2.07. The van der Waals surface area contributed by atoms with Gasteiger partial charge in [0.05, 0.1) is 23.5 Å². The lowest BCUT2D eigenvalue weighted by Crippen LogP contribution is -2.04. The number of nitrogens with zero attached hydrogens (tertiary/aromatic N) is 1. The lowest BCUT2D eigenvalue weighted by Gasteiger charge is -2.11. The number of anilines is 2. The Balaban J connectivity index is 2.08. The van der Waals surface area contributed by atoms with Crippen molar-refractivity contribution < 1.29 is 4.74 Å². The molecule has 0 aliphatic rings. The molecule has 0 amide bonds. The summed E-state index contributed by atoms with van der Waals surface area (Å²) in [5.41, 5.74) is 8.63. The Bertz CT molecular complexity index is 570. The van der Waals surface area contributed by atoms with Crippen LogP contribution in [-0.4, -0.2) is 12.1 Å². The highest BCUT2D eigenvalue weighted by molar-refractivity contribution is 9.10. The molecule has 0 fully saturated rings. The van der Waals surface area contributed by atoms with Gasteiger partial charge in [-0.25, -0.2) is 4.98 Å². The number of hydrogen-bond acceptors (Lipinski definition) is 4. The van der Waals surface area contributed by atoms with E-state index in [9.17, 15) is 0 Å². The SMILES string of the molecule is COc1ccc(CNc2ncc(N)c(C)c2Br)cc1. The first-order valence-corrected chi connectivity index (χ1v) is 6.68. The van der Waals surface area contributed by atoms with Gasteiger partial charge in [0.15, 0.2) is 0 Å². The maximum Gasteiger partial charge on any atom is 0.140 e. The molecule has 100 valence electrons. The Hall–Kier alpha value is -1.75. The third kappa shape index (κ3) is 3.17. The van der Waals surface area contributed by atoms with Gasteiger partial charge in [0, 0.05) is 6.54 Å². The molecular formula is C14H16BrN3O. The lowest BCUT2D eigenvalue weighted by molar-refractivity contribution is 0.414. The standard InChI is InChI=1S/C14H16BrN3O/c1-9-12(16)8-18-14(13(9)15)17-7-10-3-5-11(19-2)6-4-10/h3-6,8H,7,16H2,1-2H3,(H,17,18). The van der Waals surface area contributed by atoms with Gasteiger partial charge in [-0.3, -0.25) is 0 Å². The van der Waals surface area contributed by atoms with Gasteiger partial charge in [-0.2, -0.15) is 0 Å². The Morgan fingerprint density at radius 1 is 1.32 bits per heavy atom. The van der Waals surface area contributed by atoms with E-state index in [1.807, 2.05) is 31.2 Å². The molecular weight excluding hydrogens is 306 g/mol. The van der Waals surface area contributed by atoms with Crippen molar-refractivity contribution in [2.24, 2.45) is 0 Å². The van der Waals surface area contributed by atoms with Gasteiger partial charge in [0.1, 0.15) is 11.6 Å². The van der Waals surface area contributed by atoms with E-state index in [0.717, 1.165) is 27.2 Å². The molecule has 0 saturated carbocycles. The van der Waals surface area contributed by atoms with Crippen LogP contribution in [0.1, 0.15) is 11.1 Å². The summed E-state index contributed by atoms with van der Waals surface area (Å²) in [7, 11) is 1.66. The monoisotopic (exact) mass is 321 g/mol. The first kappa shape index (κ1) is 13.7. The molecule has 19 heavy (non-hydrogen) atoms. The molecule has 0 aliphatic carbocycles. The molecule has 2 rings (SSSR count). The van der Waals surface area contributed by atoms with Crippen LogP contribution in [0.15, 0.2) is 34.9 Å². The molecule has 1 heterocycles. The molecule has 0 atom stereocenters. The second-order valence-electron chi connectivity index (χ2n) is 4.20. The second kappa shape index (κ2) is 5.93. The van der Waals surface area contributed by atoms with Crippen molar-refractivity contribution in [3.8, 4) is 5.75 Å². The van der Waals surface area contributed by atoms with Gasteiger partial charge < -0.3 is 15.8 Å². The molecule has 0 unspecified atom stereocenters. The average Bonchev–Trinajstić information content (AvgIpc) is 2.45.